The Kier molecular flexibility index (Phi) is 8.12. The van der Waals surface area contributed by atoms with Crippen molar-refractivity contribution in [3.8, 4) is 84.4 Å². The van der Waals surface area contributed by atoms with Crippen molar-refractivity contribution in [1.82, 2.24) is 15.0 Å². The topological polar surface area (TPSA) is 68.1 Å². The standard InChI is InChI=1S/C50H32BN3O2/c51-50(55)44-23-10-9-21-43(44)46-41(22-12-24-45(46)56-50)40-29-30-42(39-20-8-7-19-38(39)40)49-53-47(35-27-25-34(26-28-35)32-13-3-1-4-14-32)52-48(54-49)37-18-11-17-36(31-37)33-15-5-2-6-16-33/h1-31,55H. The van der Waals surface area contributed by atoms with E-state index in [-0.39, 0.29) is 0 Å². The fourth-order valence-corrected chi connectivity index (χ4v) is 7.75. The molecule has 2 radical (unpaired) electrons. The van der Waals surface area contributed by atoms with E-state index in [0.29, 0.717) is 28.8 Å². The highest BCUT2D eigenvalue weighted by atomic mass is 16.6. The summed E-state index contributed by atoms with van der Waals surface area (Å²) in [6, 6.07) is 63.3. The molecule has 8 aromatic carbocycles. The normalized spacial score (nSPS) is 14.4. The molecule has 262 valence electrons. The molecule has 0 saturated heterocycles. The molecule has 0 saturated carbocycles. The van der Waals surface area contributed by atoms with Gasteiger partial charge in [-0.15, -0.1) is 0 Å². The summed E-state index contributed by atoms with van der Waals surface area (Å²) >= 11 is 0. The zero-order valence-electron chi connectivity index (χ0n) is 30.2. The molecule has 9 aromatic rings. The number of hydrogen-bond acceptors (Lipinski definition) is 5. The monoisotopic (exact) mass is 717 g/mol. The molecule has 0 bridgehead atoms. The third-order valence-electron chi connectivity index (χ3n) is 10.4. The Morgan fingerprint density at radius 1 is 0.393 bits per heavy atom. The summed E-state index contributed by atoms with van der Waals surface area (Å²) in [5.41, 5.74) is 9.37. The molecule has 0 amide bonds. The van der Waals surface area contributed by atoms with E-state index in [4.69, 9.17) is 27.5 Å². The number of ether oxygens (including phenoxy) is 1. The van der Waals surface area contributed by atoms with Crippen LogP contribution in [0.1, 0.15) is 5.56 Å². The summed E-state index contributed by atoms with van der Waals surface area (Å²) in [4.78, 5) is 15.4. The van der Waals surface area contributed by atoms with E-state index in [1.54, 1.807) is 6.07 Å². The van der Waals surface area contributed by atoms with E-state index in [1.807, 2.05) is 84.9 Å². The number of nitrogens with zero attached hydrogens (tertiary/aromatic N) is 3. The number of aromatic nitrogens is 3. The molecule has 56 heavy (non-hydrogen) atoms. The van der Waals surface area contributed by atoms with Crippen LogP contribution in [0, 0.1) is 0 Å². The van der Waals surface area contributed by atoms with E-state index in [2.05, 4.69) is 97.1 Å². The average Bonchev–Trinajstić information content (AvgIpc) is 3.26. The van der Waals surface area contributed by atoms with Crippen LogP contribution in [0.4, 0.5) is 0 Å². The van der Waals surface area contributed by atoms with E-state index < -0.39 is 5.69 Å². The molecule has 2 heterocycles. The molecule has 1 atom stereocenters. The van der Waals surface area contributed by atoms with Crippen molar-refractivity contribution >= 4 is 18.6 Å². The van der Waals surface area contributed by atoms with Gasteiger partial charge < -0.3 is 9.84 Å². The van der Waals surface area contributed by atoms with Gasteiger partial charge in [0.2, 0.25) is 0 Å². The zero-order chi connectivity index (χ0) is 37.6. The molecule has 1 unspecified atom stereocenters. The summed E-state index contributed by atoms with van der Waals surface area (Å²) < 4.78 is 6.00. The van der Waals surface area contributed by atoms with Crippen molar-refractivity contribution in [3.63, 3.8) is 0 Å². The molecule has 1 aliphatic heterocycles. The largest absolute Gasteiger partial charge is 0.467 e. The molecular weight excluding hydrogens is 685 g/mol. The molecular formula is C50H32BN3O2. The van der Waals surface area contributed by atoms with Gasteiger partial charge in [-0.3, -0.25) is 0 Å². The molecule has 1 N–H and O–H groups in total. The first-order valence-electron chi connectivity index (χ1n) is 18.5. The highest BCUT2D eigenvalue weighted by Crippen LogP contribution is 2.49. The van der Waals surface area contributed by atoms with Crippen molar-refractivity contribution in [2.75, 3.05) is 0 Å². The number of fused-ring (bicyclic) bond motifs is 4. The second-order valence-corrected chi connectivity index (χ2v) is 13.9. The molecule has 0 fully saturated rings. The lowest BCUT2D eigenvalue weighted by Crippen LogP contribution is -2.36. The van der Waals surface area contributed by atoms with E-state index in [1.165, 1.54) is 0 Å². The van der Waals surface area contributed by atoms with E-state index in [9.17, 15) is 5.11 Å². The summed E-state index contributed by atoms with van der Waals surface area (Å²) in [6.07, 6.45) is 0. The number of benzene rings is 8. The van der Waals surface area contributed by atoms with Crippen LogP contribution in [0.25, 0.3) is 89.4 Å². The predicted molar refractivity (Wildman–Crippen MR) is 226 cm³/mol. The maximum Gasteiger partial charge on any atom is 0.182 e. The average molecular weight is 718 g/mol. The fraction of sp³-hybridized carbons (Fsp3) is 0.0200. The quantitative estimate of drug-likeness (QED) is 0.173. The first-order chi connectivity index (χ1) is 27.5. The number of rotatable bonds is 6. The van der Waals surface area contributed by atoms with Crippen LogP contribution in [-0.4, -0.2) is 27.9 Å². The van der Waals surface area contributed by atoms with Gasteiger partial charge in [0.1, 0.15) is 5.75 Å². The summed E-state index contributed by atoms with van der Waals surface area (Å²) in [6.45, 7) is 0. The lowest BCUT2D eigenvalue weighted by molar-refractivity contribution is -0.0691. The van der Waals surface area contributed by atoms with Crippen LogP contribution in [0.2, 0.25) is 0 Å². The SMILES string of the molecule is [B]C1(O)Oc2cccc(-c3ccc(-c4nc(-c5ccc(-c6ccccc6)cc5)nc(-c5cccc(-c6ccccc6)c5)n4)c4ccccc34)c2-c2ccccc21. The van der Waals surface area contributed by atoms with Crippen LogP contribution in [-0.2, 0) is 5.69 Å². The molecule has 0 aliphatic carbocycles. The Bertz CT molecular complexity index is 2910. The number of aliphatic hydroxyl groups is 1. The van der Waals surface area contributed by atoms with Gasteiger partial charge in [-0.05, 0) is 67.9 Å². The molecule has 5 nitrogen and oxygen atoms in total. The highest BCUT2D eigenvalue weighted by molar-refractivity contribution is 6.15. The Morgan fingerprint density at radius 2 is 0.893 bits per heavy atom. The summed E-state index contributed by atoms with van der Waals surface area (Å²) in [7, 11) is 6.26. The third kappa shape index (κ3) is 5.93. The Hall–Kier alpha value is -7.15. The predicted octanol–water partition coefficient (Wildman–Crippen LogP) is 11.4. The first-order valence-corrected chi connectivity index (χ1v) is 18.5. The van der Waals surface area contributed by atoms with Gasteiger partial charge in [-0.25, -0.2) is 15.0 Å². The minimum atomic E-state index is -1.94. The second kappa shape index (κ2) is 13.6. The van der Waals surface area contributed by atoms with Crippen LogP contribution in [0.3, 0.4) is 0 Å². The minimum absolute atomic E-state index is 0.513. The molecule has 1 aromatic heterocycles. The van der Waals surface area contributed by atoms with Crippen molar-refractivity contribution < 1.29 is 9.84 Å². The zero-order valence-corrected chi connectivity index (χ0v) is 30.2. The van der Waals surface area contributed by atoms with Crippen molar-refractivity contribution in [2.45, 2.75) is 5.69 Å². The Morgan fingerprint density at radius 3 is 1.64 bits per heavy atom. The third-order valence-corrected chi connectivity index (χ3v) is 10.4. The Balaban J connectivity index is 1.15. The van der Waals surface area contributed by atoms with Gasteiger partial charge in [0.25, 0.3) is 0 Å². The van der Waals surface area contributed by atoms with Crippen molar-refractivity contribution in [1.29, 1.82) is 0 Å². The van der Waals surface area contributed by atoms with Crippen LogP contribution in [0.15, 0.2) is 188 Å². The fourth-order valence-electron chi connectivity index (χ4n) is 7.75. The summed E-state index contributed by atoms with van der Waals surface area (Å²) in [5, 5.41) is 13.1. The van der Waals surface area contributed by atoms with E-state index in [0.717, 1.165) is 72.0 Å². The number of hydrogen-bond donors (Lipinski definition) is 1. The van der Waals surface area contributed by atoms with Gasteiger partial charge in [-0.2, -0.15) is 0 Å². The van der Waals surface area contributed by atoms with Gasteiger partial charge >= 0.3 is 0 Å². The van der Waals surface area contributed by atoms with Crippen molar-refractivity contribution in [3.05, 3.63) is 194 Å². The molecule has 6 heteroatoms. The minimum Gasteiger partial charge on any atom is -0.467 e. The van der Waals surface area contributed by atoms with Crippen molar-refractivity contribution in [2.24, 2.45) is 0 Å². The second-order valence-electron chi connectivity index (χ2n) is 13.9. The lowest BCUT2D eigenvalue weighted by Gasteiger charge is -2.35. The first kappa shape index (κ1) is 33.4. The van der Waals surface area contributed by atoms with E-state index >= 15 is 0 Å². The van der Waals surface area contributed by atoms with Crippen LogP contribution < -0.4 is 4.74 Å². The van der Waals surface area contributed by atoms with Gasteiger partial charge in [0.05, 0.1) is 0 Å². The highest BCUT2D eigenvalue weighted by Gasteiger charge is 2.35. The maximum atomic E-state index is 11.1. The van der Waals surface area contributed by atoms with Gasteiger partial charge in [-0.1, -0.05) is 170 Å². The van der Waals surface area contributed by atoms with Crippen LogP contribution in [0.5, 0.6) is 5.75 Å². The molecule has 10 rings (SSSR count). The Labute approximate surface area is 326 Å². The lowest BCUT2D eigenvalue weighted by atomic mass is 9.78. The van der Waals surface area contributed by atoms with Gasteiger partial charge in [0.15, 0.2) is 31.0 Å². The molecule has 0 spiro atoms. The van der Waals surface area contributed by atoms with Gasteiger partial charge in [0, 0.05) is 27.8 Å². The maximum absolute atomic E-state index is 11.1. The van der Waals surface area contributed by atoms with Crippen LogP contribution >= 0.6 is 0 Å². The summed E-state index contributed by atoms with van der Waals surface area (Å²) in [5.74, 6) is 2.26. The smallest absolute Gasteiger partial charge is 0.182 e. The molecule has 1 aliphatic rings.